The van der Waals surface area contributed by atoms with Crippen molar-refractivity contribution in [3.8, 4) is 11.8 Å². The molecule has 0 aliphatic carbocycles. The molecule has 174 valence electrons. The van der Waals surface area contributed by atoms with Crippen molar-refractivity contribution in [1.82, 2.24) is 9.78 Å². The first-order chi connectivity index (χ1) is 17.0. The maximum Gasteiger partial charge on any atom is 0.359 e. The summed E-state index contributed by atoms with van der Waals surface area (Å²) in [5, 5.41) is 13.7. The lowest BCUT2D eigenvalue weighted by Gasteiger charge is -2.21. The first kappa shape index (κ1) is 23.3. The average molecular weight is 470 g/mol. The lowest BCUT2D eigenvalue weighted by Crippen LogP contribution is -2.35. The minimum Gasteiger partial charge on any atom is -0.451 e. The molecule has 1 heterocycles. The summed E-state index contributed by atoms with van der Waals surface area (Å²) in [6, 6.07) is 22.3. The van der Waals surface area contributed by atoms with Crippen LogP contribution in [-0.2, 0) is 9.53 Å². The molecular formula is C26H19FN4O4. The maximum absolute atomic E-state index is 13.3. The van der Waals surface area contributed by atoms with Crippen molar-refractivity contribution in [1.29, 1.82) is 5.26 Å². The Morgan fingerprint density at radius 1 is 0.971 bits per heavy atom. The normalized spacial score (nSPS) is 10.5. The van der Waals surface area contributed by atoms with Crippen LogP contribution in [0.15, 0.2) is 83.7 Å². The number of anilines is 1. The first-order valence-electron chi connectivity index (χ1n) is 10.7. The Morgan fingerprint density at radius 3 is 2.31 bits per heavy atom. The third-order valence-electron chi connectivity index (χ3n) is 5.21. The molecule has 1 amide bonds. The molecule has 35 heavy (non-hydrogen) atoms. The zero-order valence-electron chi connectivity index (χ0n) is 18.4. The molecule has 3 aromatic carbocycles. The zero-order valence-corrected chi connectivity index (χ0v) is 18.4. The highest BCUT2D eigenvalue weighted by atomic mass is 19.1. The SMILES string of the molecule is N#CCCN(C(=O)COC(=O)c1nn(-c2ccccc2)c(=O)c2ccccc12)c1ccc(F)cc1. The van der Waals surface area contributed by atoms with Crippen LogP contribution >= 0.6 is 0 Å². The van der Waals surface area contributed by atoms with E-state index in [1.807, 2.05) is 6.07 Å². The quantitative estimate of drug-likeness (QED) is 0.382. The number of carbonyl (C=O) groups excluding carboxylic acids is 2. The van der Waals surface area contributed by atoms with E-state index in [9.17, 15) is 18.8 Å². The fraction of sp³-hybridized carbons (Fsp3) is 0.115. The monoisotopic (exact) mass is 470 g/mol. The Morgan fingerprint density at radius 2 is 1.63 bits per heavy atom. The van der Waals surface area contributed by atoms with Crippen molar-refractivity contribution >= 4 is 28.3 Å². The summed E-state index contributed by atoms with van der Waals surface area (Å²) >= 11 is 0. The molecule has 9 heteroatoms. The summed E-state index contributed by atoms with van der Waals surface area (Å²) in [6.07, 6.45) is 0.0330. The number of aromatic nitrogens is 2. The number of amides is 1. The number of esters is 1. The van der Waals surface area contributed by atoms with Crippen LogP contribution in [0.2, 0.25) is 0 Å². The van der Waals surface area contributed by atoms with Crippen LogP contribution in [0, 0.1) is 17.1 Å². The van der Waals surface area contributed by atoms with Gasteiger partial charge in [-0.1, -0.05) is 36.4 Å². The van der Waals surface area contributed by atoms with Gasteiger partial charge in [-0.15, -0.1) is 0 Å². The fourth-order valence-corrected chi connectivity index (χ4v) is 3.54. The standard InChI is InChI=1S/C26H19FN4O4/c27-18-11-13-19(14-12-18)30(16-6-15-28)23(32)17-35-26(34)24-21-9-4-5-10-22(21)25(33)31(29-24)20-7-2-1-3-8-20/h1-5,7-14H,6,16-17H2. The van der Waals surface area contributed by atoms with Crippen LogP contribution in [0.1, 0.15) is 16.9 Å². The molecule has 0 radical (unpaired) electrons. The van der Waals surface area contributed by atoms with E-state index in [4.69, 9.17) is 10.00 Å². The van der Waals surface area contributed by atoms with E-state index < -0.39 is 29.9 Å². The van der Waals surface area contributed by atoms with Gasteiger partial charge in [0.1, 0.15) is 5.82 Å². The van der Waals surface area contributed by atoms with Gasteiger partial charge < -0.3 is 9.64 Å². The van der Waals surface area contributed by atoms with Gasteiger partial charge in [-0.25, -0.2) is 9.18 Å². The van der Waals surface area contributed by atoms with Crippen molar-refractivity contribution in [2.75, 3.05) is 18.1 Å². The minimum absolute atomic E-state index is 0.0330. The Balaban J connectivity index is 1.62. The van der Waals surface area contributed by atoms with Gasteiger partial charge in [-0.3, -0.25) is 9.59 Å². The Kier molecular flexibility index (Phi) is 6.93. The van der Waals surface area contributed by atoms with Crippen molar-refractivity contribution in [3.05, 3.63) is 101 Å². The van der Waals surface area contributed by atoms with Crippen LogP contribution in [0.3, 0.4) is 0 Å². The summed E-state index contributed by atoms with van der Waals surface area (Å²) < 4.78 is 19.7. The molecule has 0 aliphatic heterocycles. The fourth-order valence-electron chi connectivity index (χ4n) is 3.54. The van der Waals surface area contributed by atoms with Crippen LogP contribution in [0.5, 0.6) is 0 Å². The average Bonchev–Trinajstić information content (AvgIpc) is 2.89. The van der Waals surface area contributed by atoms with Crippen molar-refractivity contribution in [3.63, 3.8) is 0 Å². The molecular weight excluding hydrogens is 451 g/mol. The smallest absolute Gasteiger partial charge is 0.359 e. The summed E-state index contributed by atoms with van der Waals surface area (Å²) in [5.74, 6) is -1.96. The lowest BCUT2D eigenvalue weighted by atomic mass is 10.1. The molecule has 0 bridgehead atoms. The van der Waals surface area contributed by atoms with E-state index in [-0.39, 0.29) is 24.0 Å². The van der Waals surface area contributed by atoms with Crippen LogP contribution in [-0.4, -0.2) is 34.8 Å². The summed E-state index contributed by atoms with van der Waals surface area (Å²) in [7, 11) is 0. The third-order valence-corrected chi connectivity index (χ3v) is 5.21. The number of hydrogen-bond acceptors (Lipinski definition) is 6. The topological polar surface area (TPSA) is 105 Å². The van der Waals surface area contributed by atoms with Gasteiger partial charge >= 0.3 is 5.97 Å². The van der Waals surface area contributed by atoms with E-state index >= 15 is 0 Å². The molecule has 8 nitrogen and oxygen atoms in total. The van der Waals surface area contributed by atoms with Crippen LogP contribution in [0.25, 0.3) is 16.5 Å². The van der Waals surface area contributed by atoms with Gasteiger partial charge in [0.05, 0.1) is 23.6 Å². The second kappa shape index (κ2) is 10.4. The predicted octanol–water partition coefficient (Wildman–Crippen LogP) is 3.63. The van der Waals surface area contributed by atoms with Gasteiger partial charge in [0.15, 0.2) is 12.3 Å². The molecule has 0 saturated carbocycles. The molecule has 0 fully saturated rings. The highest BCUT2D eigenvalue weighted by Crippen LogP contribution is 2.18. The zero-order chi connectivity index (χ0) is 24.8. The highest BCUT2D eigenvalue weighted by Gasteiger charge is 2.22. The van der Waals surface area contributed by atoms with E-state index in [1.54, 1.807) is 54.6 Å². The Hall–Kier alpha value is -4.84. The number of nitrogens with zero attached hydrogens (tertiary/aromatic N) is 4. The number of fused-ring (bicyclic) bond motifs is 1. The number of halogens is 1. The van der Waals surface area contributed by atoms with Crippen molar-refractivity contribution < 1.29 is 18.7 Å². The van der Waals surface area contributed by atoms with Gasteiger partial charge in [0.2, 0.25) is 0 Å². The summed E-state index contributed by atoms with van der Waals surface area (Å²) in [6.45, 7) is -0.597. The van der Waals surface area contributed by atoms with Crippen LogP contribution < -0.4 is 10.5 Å². The lowest BCUT2D eigenvalue weighted by molar-refractivity contribution is -0.121. The van der Waals surface area contributed by atoms with Gasteiger partial charge in [0.25, 0.3) is 11.5 Å². The highest BCUT2D eigenvalue weighted by molar-refractivity contribution is 6.03. The number of nitriles is 1. The molecule has 0 N–H and O–H groups in total. The van der Waals surface area contributed by atoms with Crippen molar-refractivity contribution in [2.45, 2.75) is 6.42 Å². The van der Waals surface area contributed by atoms with E-state index in [2.05, 4.69) is 5.10 Å². The number of rotatable bonds is 7. The van der Waals surface area contributed by atoms with Crippen molar-refractivity contribution in [2.24, 2.45) is 0 Å². The number of para-hydroxylation sites is 1. The molecule has 0 spiro atoms. The second-order valence-corrected chi connectivity index (χ2v) is 7.45. The number of carbonyl (C=O) groups is 2. The number of hydrogen-bond donors (Lipinski definition) is 0. The third kappa shape index (κ3) is 5.07. The van der Waals surface area contributed by atoms with Gasteiger partial charge in [-0.05, 0) is 42.5 Å². The molecule has 0 saturated heterocycles. The van der Waals surface area contributed by atoms with E-state index in [1.165, 1.54) is 29.2 Å². The maximum atomic E-state index is 13.3. The van der Waals surface area contributed by atoms with Crippen LogP contribution in [0.4, 0.5) is 10.1 Å². The molecule has 0 atom stereocenters. The number of ether oxygens (including phenoxy) is 1. The van der Waals surface area contributed by atoms with Gasteiger partial charge in [-0.2, -0.15) is 15.0 Å². The molecule has 4 rings (SSSR count). The molecule has 4 aromatic rings. The molecule has 0 aliphatic rings. The summed E-state index contributed by atoms with van der Waals surface area (Å²) in [5.41, 5.74) is 0.303. The molecule has 0 unspecified atom stereocenters. The minimum atomic E-state index is -0.890. The first-order valence-corrected chi connectivity index (χ1v) is 10.7. The van der Waals surface area contributed by atoms with E-state index in [0.29, 0.717) is 16.8 Å². The predicted molar refractivity (Wildman–Crippen MR) is 127 cm³/mol. The summed E-state index contributed by atoms with van der Waals surface area (Å²) in [4.78, 5) is 40.1. The van der Waals surface area contributed by atoms with Gasteiger partial charge in [0, 0.05) is 17.6 Å². The van der Waals surface area contributed by atoms with E-state index in [0.717, 1.165) is 4.68 Å². The number of benzene rings is 3. The second-order valence-electron chi connectivity index (χ2n) is 7.45. The largest absolute Gasteiger partial charge is 0.451 e. The molecule has 1 aromatic heterocycles. The Labute approximate surface area is 199 Å². The Bertz CT molecular complexity index is 1480.